The van der Waals surface area contributed by atoms with E-state index in [0.29, 0.717) is 29.5 Å². The van der Waals surface area contributed by atoms with Crippen molar-refractivity contribution in [3.63, 3.8) is 0 Å². The van der Waals surface area contributed by atoms with E-state index in [1.165, 1.54) is 18.4 Å². The van der Waals surface area contributed by atoms with Crippen LogP contribution in [0.2, 0.25) is 5.02 Å². The zero-order valence-corrected chi connectivity index (χ0v) is 16.5. The van der Waals surface area contributed by atoms with E-state index in [1.807, 2.05) is 30.3 Å². The predicted molar refractivity (Wildman–Crippen MR) is 109 cm³/mol. The summed E-state index contributed by atoms with van der Waals surface area (Å²) in [6.45, 7) is 6.40. The highest BCUT2D eigenvalue weighted by atomic mass is 35.5. The van der Waals surface area contributed by atoms with Crippen molar-refractivity contribution in [2.75, 3.05) is 26.2 Å². The molecule has 1 aliphatic heterocycles. The number of carbonyl (C=O) groups is 1. The molecule has 0 aromatic heterocycles. The maximum Gasteiger partial charge on any atom is 0.251 e. The first kappa shape index (κ1) is 19.7. The fourth-order valence-corrected chi connectivity index (χ4v) is 3.63. The van der Waals surface area contributed by atoms with Crippen LogP contribution in [-0.4, -0.2) is 37.0 Å². The molecule has 5 heteroatoms. The van der Waals surface area contributed by atoms with Gasteiger partial charge in [-0.15, -0.1) is 0 Å². The van der Waals surface area contributed by atoms with Crippen molar-refractivity contribution in [2.24, 2.45) is 5.92 Å². The first-order chi connectivity index (χ1) is 13.1. The van der Waals surface area contributed by atoms with Crippen molar-refractivity contribution < 1.29 is 9.53 Å². The maximum absolute atomic E-state index is 12.3. The van der Waals surface area contributed by atoms with Gasteiger partial charge in [0.25, 0.3) is 5.91 Å². The smallest absolute Gasteiger partial charge is 0.251 e. The molecule has 0 bridgehead atoms. The van der Waals surface area contributed by atoms with Crippen LogP contribution < -0.4 is 10.1 Å². The number of hydrogen-bond acceptors (Lipinski definition) is 3. The molecule has 144 valence electrons. The summed E-state index contributed by atoms with van der Waals surface area (Å²) in [5.41, 5.74) is 1.92. The van der Waals surface area contributed by atoms with Gasteiger partial charge in [0.15, 0.2) is 0 Å². The maximum atomic E-state index is 12.3. The Balaban J connectivity index is 1.42. The first-order valence-corrected chi connectivity index (χ1v) is 9.96. The van der Waals surface area contributed by atoms with Crippen LogP contribution in [0.4, 0.5) is 0 Å². The standard InChI is InChI=1S/C22H27ClN2O2/c1-17-5-4-13-25(15-17)16-18-8-10-19(11-9-18)22(26)24-12-14-27-21-7-3-2-6-20(21)23/h2-3,6-11,17H,4-5,12-16H2,1H3,(H,24,26)/t17-/m1/s1. The molecule has 1 N–H and O–H groups in total. The van der Waals surface area contributed by atoms with E-state index in [4.69, 9.17) is 16.3 Å². The molecule has 2 aromatic rings. The average molecular weight is 387 g/mol. The number of nitrogens with zero attached hydrogens (tertiary/aromatic N) is 1. The molecule has 27 heavy (non-hydrogen) atoms. The van der Waals surface area contributed by atoms with Crippen LogP contribution >= 0.6 is 11.6 Å². The van der Waals surface area contributed by atoms with E-state index in [-0.39, 0.29) is 5.91 Å². The van der Waals surface area contributed by atoms with E-state index < -0.39 is 0 Å². The zero-order valence-electron chi connectivity index (χ0n) is 15.8. The molecule has 1 amide bonds. The van der Waals surface area contributed by atoms with Crippen molar-refractivity contribution in [1.82, 2.24) is 10.2 Å². The number of piperidine rings is 1. The number of rotatable bonds is 7. The van der Waals surface area contributed by atoms with Gasteiger partial charge in [-0.1, -0.05) is 42.8 Å². The summed E-state index contributed by atoms with van der Waals surface area (Å²) < 4.78 is 5.58. The Morgan fingerprint density at radius 1 is 1.22 bits per heavy atom. The highest BCUT2D eigenvalue weighted by Gasteiger charge is 2.16. The molecule has 4 nitrogen and oxygen atoms in total. The monoisotopic (exact) mass is 386 g/mol. The minimum absolute atomic E-state index is 0.0871. The fraction of sp³-hybridized carbons (Fsp3) is 0.409. The third-order valence-corrected chi connectivity index (χ3v) is 5.16. The van der Waals surface area contributed by atoms with Crippen LogP contribution in [0, 0.1) is 5.92 Å². The lowest BCUT2D eigenvalue weighted by Crippen LogP contribution is -2.33. The van der Waals surface area contributed by atoms with Crippen LogP contribution in [0.3, 0.4) is 0 Å². The van der Waals surface area contributed by atoms with Crippen molar-refractivity contribution in [1.29, 1.82) is 0 Å². The normalized spacial score (nSPS) is 17.5. The van der Waals surface area contributed by atoms with Crippen LogP contribution in [0.5, 0.6) is 5.75 Å². The summed E-state index contributed by atoms with van der Waals surface area (Å²) >= 11 is 6.04. The molecule has 0 aliphatic carbocycles. The molecule has 1 fully saturated rings. The molecule has 1 aliphatic rings. The van der Waals surface area contributed by atoms with Gasteiger partial charge in [-0.05, 0) is 55.1 Å². The second kappa shape index (κ2) is 9.77. The number of ether oxygens (including phenoxy) is 1. The molecule has 0 spiro atoms. The Hall–Kier alpha value is -2.04. The lowest BCUT2D eigenvalue weighted by Gasteiger charge is -2.30. The number of nitrogens with one attached hydrogen (secondary N) is 1. The van der Waals surface area contributed by atoms with E-state index >= 15 is 0 Å². The van der Waals surface area contributed by atoms with E-state index in [1.54, 1.807) is 6.07 Å². The average Bonchev–Trinajstić information content (AvgIpc) is 2.67. The second-order valence-electron chi connectivity index (χ2n) is 7.21. The van der Waals surface area contributed by atoms with Gasteiger partial charge in [0.1, 0.15) is 12.4 Å². The number of para-hydroxylation sites is 1. The molecule has 1 atom stereocenters. The first-order valence-electron chi connectivity index (χ1n) is 9.58. The number of hydrogen-bond donors (Lipinski definition) is 1. The molecule has 0 saturated carbocycles. The summed E-state index contributed by atoms with van der Waals surface area (Å²) in [4.78, 5) is 14.8. The molecule has 0 unspecified atom stereocenters. The Morgan fingerprint density at radius 2 is 2.00 bits per heavy atom. The number of likely N-dealkylation sites (tertiary alicyclic amines) is 1. The molecule has 2 aromatic carbocycles. The van der Waals surface area contributed by atoms with Gasteiger partial charge in [-0.2, -0.15) is 0 Å². The fourth-order valence-electron chi connectivity index (χ4n) is 3.44. The largest absolute Gasteiger partial charge is 0.490 e. The Bertz CT molecular complexity index is 748. The predicted octanol–water partition coefficient (Wildman–Crippen LogP) is 4.38. The van der Waals surface area contributed by atoms with Crippen LogP contribution in [0.25, 0.3) is 0 Å². The molecular weight excluding hydrogens is 360 g/mol. The van der Waals surface area contributed by atoms with Crippen molar-refractivity contribution in [3.05, 3.63) is 64.7 Å². The van der Waals surface area contributed by atoms with Crippen LogP contribution in [0.1, 0.15) is 35.7 Å². The van der Waals surface area contributed by atoms with Crippen molar-refractivity contribution >= 4 is 17.5 Å². The second-order valence-corrected chi connectivity index (χ2v) is 7.62. The number of carbonyl (C=O) groups excluding carboxylic acids is 1. The molecule has 0 radical (unpaired) electrons. The van der Waals surface area contributed by atoms with Crippen LogP contribution in [0.15, 0.2) is 48.5 Å². The lowest BCUT2D eigenvalue weighted by atomic mass is 9.99. The van der Waals surface area contributed by atoms with Gasteiger partial charge in [-0.3, -0.25) is 9.69 Å². The van der Waals surface area contributed by atoms with Gasteiger partial charge in [0.2, 0.25) is 0 Å². The third-order valence-electron chi connectivity index (χ3n) is 4.85. The van der Waals surface area contributed by atoms with Crippen LogP contribution in [-0.2, 0) is 6.54 Å². The minimum atomic E-state index is -0.0871. The topological polar surface area (TPSA) is 41.6 Å². The number of halogens is 1. The van der Waals surface area contributed by atoms with E-state index in [0.717, 1.165) is 25.6 Å². The summed E-state index contributed by atoms with van der Waals surface area (Å²) in [7, 11) is 0. The van der Waals surface area contributed by atoms with Crippen molar-refractivity contribution in [2.45, 2.75) is 26.3 Å². The van der Waals surface area contributed by atoms with Gasteiger partial charge >= 0.3 is 0 Å². The summed E-state index contributed by atoms with van der Waals surface area (Å²) in [6.07, 6.45) is 2.60. The number of benzene rings is 2. The van der Waals surface area contributed by atoms with Gasteiger partial charge in [-0.25, -0.2) is 0 Å². The van der Waals surface area contributed by atoms with E-state index in [2.05, 4.69) is 29.3 Å². The lowest BCUT2D eigenvalue weighted by molar-refractivity contribution is 0.0947. The Morgan fingerprint density at radius 3 is 2.74 bits per heavy atom. The summed E-state index contributed by atoms with van der Waals surface area (Å²) in [5.74, 6) is 1.32. The van der Waals surface area contributed by atoms with Gasteiger partial charge in [0, 0.05) is 18.7 Å². The van der Waals surface area contributed by atoms with Crippen molar-refractivity contribution in [3.8, 4) is 5.75 Å². The molecule has 3 rings (SSSR count). The number of amides is 1. The van der Waals surface area contributed by atoms with E-state index in [9.17, 15) is 4.79 Å². The highest BCUT2D eigenvalue weighted by Crippen LogP contribution is 2.22. The summed E-state index contributed by atoms with van der Waals surface area (Å²) in [6, 6.07) is 15.2. The quantitative estimate of drug-likeness (QED) is 0.718. The third kappa shape index (κ3) is 5.98. The molecule has 1 heterocycles. The Labute approximate surface area is 166 Å². The van der Waals surface area contributed by atoms with Gasteiger partial charge in [0.05, 0.1) is 11.6 Å². The molecular formula is C22H27ClN2O2. The van der Waals surface area contributed by atoms with Gasteiger partial charge < -0.3 is 10.1 Å². The zero-order chi connectivity index (χ0) is 19.1. The Kier molecular flexibility index (Phi) is 7.13. The highest BCUT2D eigenvalue weighted by molar-refractivity contribution is 6.32. The molecule has 1 saturated heterocycles. The summed E-state index contributed by atoms with van der Waals surface area (Å²) in [5, 5.41) is 3.45. The minimum Gasteiger partial charge on any atom is -0.490 e. The SMILES string of the molecule is C[C@@H]1CCCN(Cc2ccc(C(=O)NCCOc3ccccc3Cl)cc2)C1.